The molecule has 0 spiro atoms. The summed E-state index contributed by atoms with van der Waals surface area (Å²) in [4.78, 5) is 0. The molecule has 108 valence electrons. The third kappa shape index (κ3) is 3.43. The van der Waals surface area contributed by atoms with Crippen LogP contribution in [0.15, 0.2) is 40.9 Å². The second-order valence-corrected chi connectivity index (χ2v) is 6.65. The van der Waals surface area contributed by atoms with E-state index in [1.165, 1.54) is 5.56 Å². The second-order valence-electron chi connectivity index (χ2n) is 5.85. The van der Waals surface area contributed by atoms with Crippen LogP contribution >= 0.6 is 15.9 Å². The number of nitrogens with zero attached hydrogens (tertiary/aromatic N) is 1. The van der Waals surface area contributed by atoms with Gasteiger partial charge in [0.2, 0.25) is 0 Å². The molecule has 0 bridgehead atoms. The van der Waals surface area contributed by atoms with Crippen molar-refractivity contribution < 1.29 is 4.39 Å². The van der Waals surface area contributed by atoms with Gasteiger partial charge in [-0.1, -0.05) is 32.9 Å². The molecule has 0 aromatic heterocycles. The van der Waals surface area contributed by atoms with Gasteiger partial charge in [0, 0.05) is 5.69 Å². The predicted molar refractivity (Wildman–Crippen MR) is 87.2 cm³/mol. The highest BCUT2D eigenvalue weighted by Gasteiger charge is 2.14. The Bertz CT molecular complexity index is 694. The topological polar surface area (TPSA) is 35.8 Å². The molecule has 0 amide bonds. The number of rotatable bonds is 2. The molecule has 2 nitrogen and oxygen atoms in total. The molecule has 0 saturated heterocycles. The van der Waals surface area contributed by atoms with Crippen LogP contribution in [0.4, 0.5) is 15.8 Å². The van der Waals surface area contributed by atoms with E-state index in [0.717, 1.165) is 5.69 Å². The van der Waals surface area contributed by atoms with Crippen molar-refractivity contribution in [2.45, 2.75) is 26.2 Å². The Labute approximate surface area is 132 Å². The lowest BCUT2D eigenvalue weighted by Gasteiger charge is -2.19. The Hall–Kier alpha value is -1.86. The number of hydrogen-bond donors (Lipinski definition) is 1. The Morgan fingerprint density at radius 2 is 1.71 bits per heavy atom. The highest BCUT2D eigenvalue weighted by Crippen LogP contribution is 2.30. The molecule has 0 radical (unpaired) electrons. The molecule has 0 aliphatic carbocycles. The molecular formula is C17H16BrFN2. The zero-order valence-corrected chi connectivity index (χ0v) is 13.8. The predicted octanol–water partition coefficient (Wildman–Crippen LogP) is 5.50. The highest BCUT2D eigenvalue weighted by molar-refractivity contribution is 9.10. The van der Waals surface area contributed by atoms with E-state index in [1.54, 1.807) is 12.1 Å². The summed E-state index contributed by atoms with van der Waals surface area (Å²) in [7, 11) is 0. The van der Waals surface area contributed by atoms with Crippen molar-refractivity contribution >= 4 is 27.3 Å². The largest absolute Gasteiger partial charge is 0.353 e. The van der Waals surface area contributed by atoms with Gasteiger partial charge < -0.3 is 5.32 Å². The standard InChI is InChI=1S/C17H16BrFN2/c1-17(2,3)12-5-7-13(8-6-12)21-14-9-4-11(10-20)15(18)16(14)19/h4-9,21H,1-3H3. The van der Waals surface area contributed by atoms with Crippen LogP contribution in [0.25, 0.3) is 0 Å². The van der Waals surface area contributed by atoms with Crippen molar-refractivity contribution in [2.75, 3.05) is 5.32 Å². The molecule has 21 heavy (non-hydrogen) atoms. The number of halogens is 2. The number of benzene rings is 2. The Kier molecular flexibility index (Phi) is 4.34. The van der Waals surface area contributed by atoms with Crippen LogP contribution < -0.4 is 5.32 Å². The van der Waals surface area contributed by atoms with Gasteiger partial charge in [-0.25, -0.2) is 4.39 Å². The maximum atomic E-state index is 14.1. The van der Waals surface area contributed by atoms with E-state index >= 15 is 0 Å². The third-order valence-electron chi connectivity index (χ3n) is 3.23. The van der Waals surface area contributed by atoms with Gasteiger partial charge in [-0.05, 0) is 51.2 Å². The van der Waals surface area contributed by atoms with Crippen molar-refractivity contribution in [2.24, 2.45) is 0 Å². The normalized spacial score (nSPS) is 11.0. The Morgan fingerprint density at radius 3 is 2.24 bits per heavy atom. The smallest absolute Gasteiger partial charge is 0.162 e. The summed E-state index contributed by atoms with van der Waals surface area (Å²) in [5.74, 6) is -0.464. The first-order valence-electron chi connectivity index (χ1n) is 6.58. The third-order valence-corrected chi connectivity index (χ3v) is 4.01. The van der Waals surface area contributed by atoms with E-state index in [1.807, 2.05) is 30.3 Å². The van der Waals surface area contributed by atoms with E-state index in [4.69, 9.17) is 5.26 Å². The molecule has 0 aliphatic heterocycles. The van der Waals surface area contributed by atoms with Gasteiger partial charge in [-0.3, -0.25) is 0 Å². The first kappa shape index (κ1) is 15.5. The fraction of sp³-hybridized carbons (Fsp3) is 0.235. The monoisotopic (exact) mass is 346 g/mol. The maximum Gasteiger partial charge on any atom is 0.162 e. The lowest BCUT2D eigenvalue weighted by molar-refractivity contribution is 0.590. The van der Waals surface area contributed by atoms with Gasteiger partial charge >= 0.3 is 0 Å². The average Bonchev–Trinajstić information content (AvgIpc) is 2.44. The minimum atomic E-state index is -0.464. The summed E-state index contributed by atoms with van der Waals surface area (Å²) in [5, 5.41) is 11.9. The maximum absolute atomic E-state index is 14.1. The van der Waals surface area contributed by atoms with E-state index in [0.29, 0.717) is 5.69 Å². The van der Waals surface area contributed by atoms with Crippen molar-refractivity contribution in [3.05, 3.63) is 57.8 Å². The zero-order chi connectivity index (χ0) is 15.6. The fourth-order valence-corrected chi connectivity index (χ4v) is 2.38. The molecule has 0 fully saturated rings. The van der Waals surface area contributed by atoms with Gasteiger partial charge in [0.15, 0.2) is 5.82 Å². The molecule has 4 heteroatoms. The zero-order valence-electron chi connectivity index (χ0n) is 12.2. The second kappa shape index (κ2) is 5.87. The number of nitrogens with one attached hydrogen (secondary N) is 1. The van der Waals surface area contributed by atoms with E-state index in [2.05, 4.69) is 42.0 Å². The van der Waals surface area contributed by atoms with E-state index < -0.39 is 5.82 Å². The molecule has 0 unspecified atom stereocenters. The van der Waals surface area contributed by atoms with E-state index in [9.17, 15) is 4.39 Å². The van der Waals surface area contributed by atoms with E-state index in [-0.39, 0.29) is 15.5 Å². The van der Waals surface area contributed by atoms with Crippen LogP contribution in [0.5, 0.6) is 0 Å². The van der Waals surface area contributed by atoms with Gasteiger partial charge in [0.05, 0.1) is 15.7 Å². The van der Waals surface area contributed by atoms with Gasteiger partial charge in [0.1, 0.15) is 6.07 Å². The lowest BCUT2D eigenvalue weighted by Crippen LogP contribution is -2.10. The Balaban J connectivity index is 2.27. The lowest BCUT2D eigenvalue weighted by atomic mass is 9.87. The van der Waals surface area contributed by atoms with Crippen LogP contribution in [-0.4, -0.2) is 0 Å². The van der Waals surface area contributed by atoms with Crippen molar-refractivity contribution in [3.63, 3.8) is 0 Å². The van der Waals surface area contributed by atoms with Crippen LogP contribution in [0, 0.1) is 17.1 Å². The quantitative estimate of drug-likeness (QED) is 0.778. The summed E-state index contributed by atoms with van der Waals surface area (Å²) in [6.07, 6.45) is 0. The molecule has 2 rings (SSSR count). The molecule has 0 saturated carbocycles. The molecule has 2 aromatic rings. The fourth-order valence-electron chi connectivity index (χ4n) is 1.94. The van der Waals surface area contributed by atoms with Gasteiger partial charge in [0.25, 0.3) is 0 Å². The first-order chi connectivity index (χ1) is 9.82. The number of hydrogen-bond acceptors (Lipinski definition) is 2. The minimum absolute atomic E-state index is 0.0846. The average molecular weight is 347 g/mol. The van der Waals surface area contributed by atoms with Crippen LogP contribution in [0.3, 0.4) is 0 Å². The molecule has 0 heterocycles. The van der Waals surface area contributed by atoms with Gasteiger partial charge in [-0.15, -0.1) is 0 Å². The van der Waals surface area contributed by atoms with Crippen molar-refractivity contribution in [1.82, 2.24) is 0 Å². The summed E-state index contributed by atoms with van der Waals surface area (Å²) >= 11 is 3.10. The summed E-state index contributed by atoms with van der Waals surface area (Å²) in [6, 6.07) is 13.0. The minimum Gasteiger partial charge on any atom is -0.353 e. The van der Waals surface area contributed by atoms with Crippen LogP contribution in [0.2, 0.25) is 0 Å². The summed E-state index contributed by atoms with van der Waals surface area (Å²) < 4.78 is 14.3. The molecule has 0 atom stereocenters. The van der Waals surface area contributed by atoms with Gasteiger partial charge in [-0.2, -0.15) is 5.26 Å². The highest BCUT2D eigenvalue weighted by atomic mass is 79.9. The summed E-state index contributed by atoms with van der Waals surface area (Å²) in [6.45, 7) is 6.44. The molecular weight excluding hydrogens is 331 g/mol. The summed E-state index contributed by atoms with van der Waals surface area (Å²) in [5.41, 5.74) is 2.72. The molecule has 1 N–H and O–H groups in total. The SMILES string of the molecule is CC(C)(C)c1ccc(Nc2ccc(C#N)c(Br)c2F)cc1. The van der Waals surface area contributed by atoms with Crippen molar-refractivity contribution in [3.8, 4) is 6.07 Å². The van der Waals surface area contributed by atoms with Crippen LogP contribution in [0.1, 0.15) is 31.9 Å². The molecule has 2 aromatic carbocycles. The Morgan fingerprint density at radius 1 is 1.10 bits per heavy atom. The molecule has 0 aliphatic rings. The number of nitriles is 1. The number of anilines is 2. The van der Waals surface area contributed by atoms with Crippen LogP contribution in [-0.2, 0) is 5.41 Å². The first-order valence-corrected chi connectivity index (χ1v) is 7.38. The van der Waals surface area contributed by atoms with Crippen molar-refractivity contribution in [1.29, 1.82) is 5.26 Å².